The first kappa shape index (κ1) is 15.6. The van der Waals surface area contributed by atoms with E-state index in [1.54, 1.807) is 25.3 Å². The van der Waals surface area contributed by atoms with Gasteiger partial charge in [0.25, 0.3) is 5.91 Å². The molecule has 3 nitrogen and oxygen atoms in total. The molecular formula is C12H14Cl3NO2. The second kappa shape index (κ2) is 7.85. The number of hydrogen-bond donors (Lipinski definition) is 1. The quantitative estimate of drug-likeness (QED) is 0.818. The predicted molar refractivity (Wildman–Crippen MR) is 74.9 cm³/mol. The Bertz CT molecular complexity index is 392. The van der Waals surface area contributed by atoms with E-state index in [9.17, 15) is 4.79 Å². The summed E-state index contributed by atoms with van der Waals surface area (Å²) in [6.07, 6.45) is 0.634. The number of nitrogens with one attached hydrogen (secondary N) is 1. The standard InChI is InChI=1S/C12H14Cl3NO2/c1-18-7-9(13)2-3-16-12(17)8-4-10(14)6-11(15)5-8/h4-6,9H,2-3,7H2,1H3,(H,16,17). The maximum Gasteiger partial charge on any atom is 0.251 e. The first-order chi connectivity index (χ1) is 8.52. The lowest BCUT2D eigenvalue weighted by molar-refractivity contribution is 0.0951. The number of hydrogen-bond acceptors (Lipinski definition) is 2. The molecule has 1 aromatic carbocycles. The molecule has 0 heterocycles. The third-order valence-electron chi connectivity index (χ3n) is 2.22. The Morgan fingerprint density at radius 1 is 1.33 bits per heavy atom. The highest BCUT2D eigenvalue weighted by atomic mass is 35.5. The third-order valence-corrected chi connectivity index (χ3v) is 3.00. The zero-order chi connectivity index (χ0) is 13.5. The van der Waals surface area contributed by atoms with E-state index in [-0.39, 0.29) is 11.3 Å². The molecule has 1 unspecified atom stereocenters. The van der Waals surface area contributed by atoms with Crippen LogP contribution in [-0.4, -0.2) is 31.5 Å². The zero-order valence-electron chi connectivity index (χ0n) is 9.88. The molecule has 0 aliphatic rings. The van der Waals surface area contributed by atoms with E-state index in [0.29, 0.717) is 35.2 Å². The van der Waals surface area contributed by atoms with Gasteiger partial charge in [-0.25, -0.2) is 0 Å². The SMILES string of the molecule is COCC(Cl)CCNC(=O)c1cc(Cl)cc(Cl)c1. The number of carbonyl (C=O) groups is 1. The molecule has 0 radical (unpaired) electrons. The predicted octanol–water partition coefficient (Wildman–Crippen LogP) is 3.37. The van der Waals surface area contributed by atoms with Crippen LogP contribution in [0.25, 0.3) is 0 Å². The van der Waals surface area contributed by atoms with Crippen LogP contribution in [0.2, 0.25) is 10.0 Å². The summed E-state index contributed by atoms with van der Waals surface area (Å²) in [6, 6.07) is 4.71. The summed E-state index contributed by atoms with van der Waals surface area (Å²) in [7, 11) is 1.59. The second-order valence-corrected chi connectivity index (χ2v) is 5.25. The van der Waals surface area contributed by atoms with Crippen molar-refractivity contribution in [1.29, 1.82) is 0 Å². The number of methoxy groups -OCH3 is 1. The lowest BCUT2D eigenvalue weighted by atomic mass is 10.2. The molecule has 1 rings (SSSR count). The van der Waals surface area contributed by atoms with E-state index < -0.39 is 0 Å². The van der Waals surface area contributed by atoms with Gasteiger partial charge in [-0.3, -0.25) is 4.79 Å². The maximum atomic E-state index is 11.8. The number of rotatable bonds is 6. The van der Waals surface area contributed by atoms with E-state index in [0.717, 1.165) is 0 Å². The van der Waals surface area contributed by atoms with Crippen molar-refractivity contribution in [2.75, 3.05) is 20.3 Å². The number of benzene rings is 1. The third kappa shape index (κ3) is 5.44. The van der Waals surface area contributed by atoms with Crippen molar-refractivity contribution in [3.63, 3.8) is 0 Å². The Hall–Kier alpha value is -0.480. The fourth-order valence-electron chi connectivity index (χ4n) is 1.39. The van der Waals surface area contributed by atoms with Crippen LogP contribution in [0.3, 0.4) is 0 Å². The summed E-state index contributed by atoms with van der Waals surface area (Å²) in [4.78, 5) is 11.8. The number of carbonyl (C=O) groups excluding carboxylic acids is 1. The van der Waals surface area contributed by atoms with Crippen molar-refractivity contribution in [3.05, 3.63) is 33.8 Å². The van der Waals surface area contributed by atoms with Crippen LogP contribution in [0.15, 0.2) is 18.2 Å². The summed E-state index contributed by atoms with van der Waals surface area (Å²) >= 11 is 17.6. The van der Waals surface area contributed by atoms with Crippen molar-refractivity contribution in [2.24, 2.45) is 0 Å². The molecule has 6 heteroatoms. The lowest BCUT2D eigenvalue weighted by Crippen LogP contribution is -2.27. The van der Waals surface area contributed by atoms with E-state index in [1.165, 1.54) is 0 Å². The highest BCUT2D eigenvalue weighted by Crippen LogP contribution is 2.18. The molecule has 0 fully saturated rings. The van der Waals surface area contributed by atoms with Crippen LogP contribution >= 0.6 is 34.8 Å². The summed E-state index contributed by atoms with van der Waals surface area (Å²) in [6.45, 7) is 0.931. The van der Waals surface area contributed by atoms with Crippen molar-refractivity contribution >= 4 is 40.7 Å². The molecule has 0 aliphatic carbocycles. The van der Waals surface area contributed by atoms with Crippen LogP contribution in [-0.2, 0) is 4.74 Å². The van der Waals surface area contributed by atoms with Gasteiger partial charge in [0, 0.05) is 29.3 Å². The largest absolute Gasteiger partial charge is 0.383 e. The fourth-order valence-corrected chi connectivity index (χ4v) is 2.15. The van der Waals surface area contributed by atoms with Gasteiger partial charge in [0.2, 0.25) is 0 Å². The number of amides is 1. The van der Waals surface area contributed by atoms with Crippen LogP contribution in [0.1, 0.15) is 16.8 Å². The Balaban J connectivity index is 2.45. The zero-order valence-corrected chi connectivity index (χ0v) is 12.1. The molecule has 0 spiro atoms. The number of halogens is 3. The van der Waals surface area contributed by atoms with Crippen LogP contribution in [0, 0.1) is 0 Å². The molecule has 0 saturated heterocycles. The molecule has 1 atom stereocenters. The van der Waals surface area contributed by atoms with Gasteiger partial charge in [0.05, 0.1) is 12.0 Å². The maximum absolute atomic E-state index is 11.8. The van der Waals surface area contributed by atoms with Gasteiger partial charge in [-0.2, -0.15) is 0 Å². The normalized spacial score (nSPS) is 12.2. The Morgan fingerprint density at radius 2 is 1.94 bits per heavy atom. The molecule has 0 aromatic heterocycles. The van der Waals surface area contributed by atoms with E-state index in [4.69, 9.17) is 39.5 Å². The average molecular weight is 311 g/mol. The highest BCUT2D eigenvalue weighted by Gasteiger charge is 2.09. The van der Waals surface area contributed by atoms with Crippen molar-refractivity contribution in [1.82, 2.24) is 5.32 Å². The fraction of sp³-hybridized carbons (Fsp3) is 0.417. The van der Waals surface area contributed by atoms with Crippen molar-refractivity contribution in [3.8, 4) is 0 Å². The second-order valence-electron chi connectivity index (χ2n) is 3.76. The van der Waals surface area contributed by atoms with Crippen LogP contribution < -0.4 is 5.32 Å². The van der Waals surface area contributed by atoms with Gasteiger partial charge in [-0.1, -0.05) is 23.2 Å². The molecule has 0 bridgehead atoms. The topological polar surface area (TPSA) is 38.3 Å². The monoisotopic (exact) mass is 309 g/mol. The lowest BCUT2D eigenvalue weighted by Gasteiger charge is -2.09. The molecule has 1 amide bonds. The van der Waals surface area contributed by atoms with E-state index in [1.807, 2.05) is 0 Å². The van der Waals surface area contributed by atoms with Crippen molar-refractivity contribution in [2.45, 2.75) is 11.8 Å². The summed E-state index contributed by atoms with van der Waals surface area (Å²) < 4.78 is 4.90. The minimum atomic E-state index is -0.222. The van der Waals surface area contributed by atoms with E-state index in [2.05, 4.69) is 5.32 Å². The first-order valence-corrected chi connectivity index (χ1v) is 6.59. The summed E-state index contributed by atoms with van der Waals surface area (Å²) in [5, 5.41) is 3.50. The van der Waals surface area contributed by atoms with Crippen LogP contribution in [0.4, 0.5) is 0 Å². The van der Waals surface area contributed by atoms with Gasteiger partial charge in [0.15, 0.2) is 0 Å². The summed E-state index contributed by atoms with van der Waals surface area (Å²) in [5.74, 6) is -0.222. The molecule has 0 aliphatic heterocycles. The number of ether oxygens (including phenoxy) is 1. The molecule has 0 saturated carbocycles. The first-order valence-electron chi connectivity index (χ1n) is 5.40. The highest BCUT2D eigenvalue weighted by molar-refractivity contribution is 6.35. The van der Waals surface area contributed by atoms with E-state index >= 15 is 0 Å². The molecule has 18 heavy (non-hydrogen) atoms. The van der Waals surface area contributed by atoms with Gasteiger partial charge < -0.3 is 10.1 Å². The van der Waals surface area contributed by atoms with Crippen LogP contribution in [0.5, 0.6) is 0 Å². The minimum absolute atomic E-state index is 0.113. The molecule has 1 N–H and O–H groups in total. The Labute approximate surface area is 121 Å². The average Bonchev–Trinajstić information content (AvgIpc) is 2.27. The van der Waals surface area contributed by atoms with Gasteiger partial charge in [-0.15, -0.1) is 11.6 Å². The van der Waals surface area contributed by atoms with Crippen molar-refractivity contribution < 1.29 is 9.53 Å². The molecular weight excluding hydrogens is 296 g/mol. The Morgan fingerprint density at radius 3 is 2.50 bits per heavy atom. The molecule has 100 valence electrons. The minimum Gasteiger partial charge on any atom is -0.383 e. The van der Waals surface area contributed by atoms with Gasteiger partial charge in [-0.05, 0) is 24.6 Å². The molecule has 1 aromatic rings. The summed E-state index contributed by atoms with van der Waals surface area (Å²) in [5.41, 5.74) is 0.436. The Kier molecular flexibility index (Phi) is 6.79. The number of alkyl halides is 1. The van der Waals surface area contributed by atoms with Gasteiger partial charge in [0.1, 0.15) is 0 Å². The smallest absolute Gasteiger partial charge is 0.251 e. The van der Waals surface area contributed by atoms with Gasteiger partial charge >= 0.3 is 0 Å².